The summed E-state index contributed by atoms with van der Waals surface area (Å²) in [6.07, 6.45) is 43.9. The highest BCUT2D eigenvalue weighted by Gasteiger charge is 2.47. The molecule has 0 spiro atoms. The third kappa shape index (κ3) is 29.9. The van der Waals surface area contributed by atoms with Gasteiger partial charge in [-0.2, -0.15) is 0 Å². The van der Waals surface area contributed by atoms with Crippen LogP contribution in [0.4, 0.5) is 0 Å². The Morgan fingerprint density at radius 1 is 0.432 bits per heavy atom. The van der Waals surface area contributed by atoms with E-state index in [-0.39, 0.29) is 0 Å². The molecule has 0 amide bonds. The molecule has 0 rings (SSSR count). The van der Waals surface area contributed by atoms with Gasteiger partial charge in [-0.05, 0) is 64.2 Å². The number of rotatable bonds is 34. The molecular formula is C37H70Cl3O3P. The molecule has 7 heteroatoms. The van der Waals surface area contributed by atoms with Crippen LogP contribution in [0.5, 0.6) is 0 Å². The van der Waals surface area contributed by atoms with Crippen molar-refractivity contribution in [1.82, 2.24) is 0 Å². The number of hydrogen-bond donors (Lipinski definition) is 0. The summed E-state index contributed by atoms with van der Waals surface area (Å²) in [5, 5.41) is 0. The lowest BCUT2D eigenvalue weighted by Crippen LogP contribution is -2.12. The number of alkyl halides is 3. The molecule has 0 aliphatic rings. The average Bonchev–Trinajstić information content (AvgIpc) is 2.99. The monoisotopic (exact) mass is 698 g/mol. The number of allylic oxidation sites excluding steroid dienone is 4. The summed E-state index contributed by atoms with van der Waals surface area (Å²) in [6.45, 7) is 5.12. The van der Waals surface area contributed by atoms with Gasteiger partial charge in [0.1, 0.15) is 0 Å². The highest BCUT2D eigenvalue weighted by atomic mass is 35.6. The Kier molecular flexibility index (Phi) is 33.8. The van der Waals surface area contributed by atoms with Crippen molar-refractivity contribution in [2.45, 2.75) is 197 Å². The highest BCUT2D eigenvalue weighted by molar-refractivity contribution is 7.62. The largest absolute Gasteiger partial charge is 0.381 e. The van der Waals surface area contributed by atoms with E-state index in [0.29, 0.717) is 13.2 Å². The molecule has 0 unspecified atom stereocenters. The maximum Gasteiger partial charge on any atom is 0.381 e. The van der Waals surface area contributed by atoms with Crippen LogP contribution in [0.2, 0.25) is 0 Å². The van der Waals surface area contributed by atoms with Crippen molar-refractivity contribution < 1.29 is 13.6 Å². The molecule has 44 heavy (non-hydrogen) atoms. The molecule has 0 aromatic heterocycles. The molecule has 0 heterocycles. The lowest BCUT2D eigenvalue weighted by molar-refractivity contribution is 0.197. The second-order valence-corrected chi connectivity index (χ2v) is 17.8. The third-order valence-electron chi connectivity index (χ3n) is 8.15. The Labute approximate surface area is 289 Å². The van der Waals surface area contributed by atoms with E-state index in [4.69, 9.17) is 43.9 Å². The minimum Gasteiger partial charge on any atom is -0.306 e. The van der Waals surface area contributed by atoms with Crippen molar-refractivity contribution in [2.24, 2.45) is 0 Å². The molecule has 0 aliphatic carbocycles. The molecular weight excluding hydrogens is 630 g/mol. The Morgan fingerprint density at radius 3 is 0.955 bits per heavy atom. The van der Waals surface area contributed by atoms with Crippen molar-refractivity contribution >= 4 is 42.4 Å². The van der Waals surface area contributed by atoms with Gasteiger partial charge in [0, 0.05) is 0 Å². The van der Waals surface area contributed by atoms with E-state index in [0.717, 1.165) is 38.5 Å². The van der Waals surface area contributed by atoms with Crippen molar-refractivity contribution in [3.05, 3.63) is 24.3 Å². The molecule has 3 nitrogen and oxygen atoms in total. The minimum atomic E-state index is -3.80. The maximum atomic E-state index is 13.1. The van der Waals surface area contributed by atoms with E-state index in [1.807, 2.05) is 0 Å². The van der Waals surface area contributed by atoms with Crippen molar-refractivity contribution in [3.8, 4) is 0 Å². The number of hydrogen-bond acceptors (Lipinski definition) is 3. The van der Waals surface area contributed by atoms with Gasteiger partial charge in [0.05, 0.1) is 13.2 Å². The summed E-state index contributed by atoms with van der Waals surface area (Å²) in [4.78, 5) is 0. The predicted molar refractivity (Wildman–Crippen MR) is 199 cm³/mol. The number of unbranched alkanes of at least 4 members (excludes halogenated alkanes) is 24. The second-order valence-electron chi connectivity index (χ2n) is 12.5. The fourth-order valence-corrected chi connectivity index (χ4v) is 7.24. The molecule has 0 aromatic carbocycles. The van der Waals surface area contributed by atoms with Crippen LogP contribution in [0.1, 0.15) is 194 Å². The van der Waals surface area contributed by atoms with Gasteiger partial charge < -0.3 is 9.05 Å². The molecule has 0 radical (unpaired) electrons. The predicted octanol–water partition coefficient (Wildman–Crippen LogP) is 15.6. The van der Waals surface area contributed by atoms with Crippen LogP contribution in [0, 0.1) is 0 Å². The van der Waals surface area contributed by atoms with E-state index < -0.39 is 11.1 Å². The Balaban J connectivity index is 3.70. The first-order valence-corrected chi connectivity index (χ1v) is 21.3. The fraction of sp³-hybridized carbons (Fsp3) is 0.892. The Hall–Kier alpha value is 0.500. The van der Waals surface area contributed by atoms with Gasteiger partial charge in [-0.1, -0.05) is 189 Å². The first-order valence-electron chi connectivity index (χ1n) is 18.6. The molecule has 0 bridgehead atoms. The molecule has 0 atom stereocenters. The molecule has 0 fully saturated rings. The van der Waals surface area contributed by atoms with Crippen LogP contribution in [0.15, 0.2) is 24.3 Å². The summed E-state index contributed by atoms with van der Waals surface area (Å²) < 4.78 is 22.2. The smallest absolute Gasteiger partial charge is 0.306 e. The normalized spacial score (nSPS) is 12.8. The average molecular weight is 700 g/mol. The van der Waals surface area contributed by atoms with Crippen LogP contribution in [-0.4, -0.2) is 16.7 Å². The van der Waals surface area contributed by atoms with Crippen LogP contribution in [-0.2, 0) is 13.6 Å². The van der Waals surface area contributed by atoms with E-state index in [9.17, 15) is 4.57 Å². The van der Waals surface area contributed by atoms with E-state index in [1.54, 1.807) is 0 Å². The summed E-state index contributed by atoms with van der Waals surface area (Å²) in [7, 11) is -3.80. The highest BCUT2D eigenvalue weighted by Crippen LogP contribution is 2.66. The molecule has 262 valence electrons. The Morgan fingerprint density at radius 2 is 0.682 bits per heavy atom. The van der Waals surface area contributed by atoms with Gasteiger partial charge >= 0.3 is 7.60 Å². The summed E-state index contributed by atoms with van der Waals surface area (Å²) in [6, 6.07) is 0. The summed E-state index contributed by atoms with van der Waals surface area (Å²) >= 11 is 18.0. The van der Waals surface area contributed by atoms with Crippen molar-refractivity contribution in [3.63, 3.8) is 0 Å². The lowest BCUT2D eigenvalue weighted by atomic mass is 10.1. The van der Waals surface area contributed by atoms with E-state index in [1.165, 1.54) is 141 Å². The van der Waals surface area contributed by atoms with Gasteiger partial charge in [0.15, 0.2) is 0 Å². The zero-order valence-corrected chi connectivity index (χ0v) is 32.0. The van der Waals surface area contributed by atoms with Crippen molar-refractivity contribution in [1.29, 1.82) is 0 Å². The summed E-state index contributed by atoms with van der Waals surface area (Å²) in [5.41, 5.74) is 0. The van der Waals surface area contributed by atoms with Gasteiger partial charge in [-0.3, -0.25) is 4.57 Å². The second kappa shape index (κ2) is 33.4. The molecule has 0 saturated carbocycles. The van der Waals surface area contributed by atoms with E-state index in [2.05, 4.69) is 38.2 Å². The maximum absolute atomic E-state index is 13.1. The van der Waals surface area contributed by atoms with Crippen LogP contribution in [0.3, 0.4) is 0 Å². The van der Waals surface area contributed by atoms with Gasteiger partial charge in [-0.15, -0.1) is 0 Å². The van der Waals surface area contributed by atoms with Gasteiger partial charge in [0.25, 0.3) is 3.53 Å². The van der Waals surface area contributed by atoms with E-state index >= 15 is 0 Å². The zero-order chi connectivity index (χ0) is 32.5. The van der Waals surface area contributed by atoms with Gasteiger partial charge in [-0.25, -0.2) is 0 Å². The molecule has 0 N–H and O–H groups in total. The fourth-order valence-electron chi connectivity index (χ4n) is 5.25. The molecule has 0 saturated heterocycles. The van der Waals surface area contributed by atoms with Gasteiger partial charge in [0.2, 0.25) is 0 Å². The summed E-state index contributed by atoms with van der Waals surface area (Å²) in [5.74, 6) is 0. The van der Waals surface area contributed by atoms with Crippen molar-refractivity contribution in [2.75, 3.05) is 13.2 Å². The minimum absolute atomic E-state index is 0.291. The molecule has 0 aromatic rings. The SMILES string of the molecule is CCCCCCCC/C=C\CCCCCCCCOP(=O)(OCCCCCCCC/C=C\CCCCCCCC)C(Cl)(Cl)Cl. The number of halogens is 3. The lowest BCUT2D eigenvalue weighted by Gasteiger charge is -2.24. The van der Waals surface area contributed by atoms with Crippen LogP contribution < -0.4 is 0 Å². The molecule has 0 aliphatic heterocycles. The zero-order valence-electron chi connectivity index (χ0n) is 28.8. The first-order chi connectivity index (χ1) is 21.4. The Bertz CT molecular complexity index is 646. The topological polar surface area (TPSA) is 35.5 Å². The van der Waals surface area contributed by atoms with Crippen LogP contribution >= 0.6 is 42.4 Å². The third-order valence-corrected chi connectivity index (χ3v) is 11.7. The quantitative estimate of drug-likeness (QED) is 0.0290. The first kappa shape index (κ1) is 44.5. The standard InChI is InChI=1S/C37H70Cl3O3P/c1-3-5-7-9-11-13-15-17-19-21-23-25-27-29-31-33-35-42-44(41,37(38,39)40)43-36-34-32-30-28-26-24-22-20-18-16-14-12-10-8-6-4-2/h17-20H,3-16,21-36H2,1-2H3/b19-17-,20-18-. The van der Waals surface area contributed by atoms with Crippen LogP contribution in [0.25, 0.3) is 0 Å².